The number of rotatable bonds is 3. The van der Waals surface area contributed by atoms with Crippen LogP contribution in [0.2, 0.25) is 0 Å². The van der Waals surface area contributed by atoms with Crippen molar-refractivity contribution in [2.75, 3.05) is 23.8 Å². The highest BCUT2D eigenvalue weighted by atomic mass is 32.2. The van der Waals surface area contributed by atoms with Gasteiger partial charge >= 0.3 is 0 Å². The van der Waals surface area contributed by atoms with Crippen LogP contribution < -0.4 is 5.73 Å². The van der Waals surface area contributed by atoms with Gasteiger partial charge in [0.05, 0.1) is 0 Å². The van der Waals surface area contributed by atoms with Crippen molar-refractivity contribution < 1.29 is 13.2 Å². The normalized spacial score (nSPS) is 32.1. The number of carbonyl (C=O) groups is 1. The zero-order valence-electron chi connectivity index (χ0n) is 12.0. The van der Waals surface area contributed by atoms with Crippen LogP contribution in [0.4, 0.5) is 0 Å². The summed E-state index contributed by atoms with van der Waals surface area (Å²) < 4.78 is 24.4. The van der Waals surface area contributed by atoms with E-state index in [0.29, 0.717) is 12.3 Å². The van der Waals surface area contributed by atoms with E-state index in [-0.39, 0.29) is 23.6 Å². The summed E-state index contributed by atoms with van der Waals surface area (Å²) in [7, 11) is -3.21. The van der Waals surface area contributed by atoms with Crippen molar-refractivity contribution in [2.45, 2.75) is 44.0 Å². The lowest BCUT2D eigenvalue weighted by Gasteiger charge is -2.38. The number of hydrogen-bond donors (Lipinski definition) is 1. The van der Waals surface area contributed by atoms with Gasteiger partial charge < -0.3 is 10.6 Å². The summed E-state index contributed by atoms with van der Waals surface area (Å²) >= 11 is 1.62. The summed E-state index contributed by atoms with van der Waals surface area (Å²) in [6.07, 6.45) is 3.32. The summed E-state index contributed by atoms with van der Waals surface area (Å²) in [5, 5.41) is -0.630. The highest BCUT2D eigenvalue weighted by Crippen LogP contribution is 2.29. The summed E-state index contributed by atoms with van der Waals surface area (Å²) in [5.41, 5.74) is 5.87. The van der Waals surface area contributed by atoms with Crippen LogP contribution >= 0.6 is 11.8 Å². The van der Waals surface area contributed by atoms with Crippen LogP contribution in [0.3, 0.4) is 0 Å². The van der Waals surface area contributed by atoms with Crippen molar-refractivity contribution in [3.63, 3.8) is 0 Å². The molecule has 2 fully saturated rings. The molecule has 1 unspecified atom stereocenters. The smallest absolute Gasteiger partial charge is 0.226 e. The monoisotopic (exact) mass is 320 g/mol. The van der Waals surface area contributed by atoms with Crippen molar-refractivity contribution in [1.29, 1.82) is 0 Å². The second kappa shape index (κ2) is 6.66. The van der Waals surface area contributed by atoms with E-state index in [0.717, 1.165) is 31.4 Å². The molecule has 20 heavy (non-hydrogen) atoms. The van der Waals surface area contributed by atoms with Gasteiger partial charge in [-0.2, -0.15) is 11.8 Å². The van der Waals surface area contributed by atoms with Crippen LogP contribution in [0.1, 0.15) is 32.6 Å². The van der Waals surface area contributed by atoms with Crippen LogP contribution in [0.25, 0.3) is 0 Å². The molecular formula is C13H24N2O3S2. The maximum atomic E-state index is 12.6. The van der Waals surface area contributed by atoms with E-state index in [1.54, 1.807) is 23.6 Å². The molecule has 1 heterocycles. The third-order valence-corrected chi connectivity index (χ3v) is 7.59. The number of carbonyl (C=O) groups excluding carboxylic acids is 1. The van der Waals surface area contributed by atoms with Crippen LogP contribution in [-0.4, -0.2) is 54.4 Å². The minimum absolute atomic E-state index is 0.0271. The van der Waals surface area contributed by atoms with Gasteiger partial charge in [-0.25, -0.2) is 8.42 Å². The van der Waals surface area contributed by atoms with E-state index in [1.807, 2.05) is 0 Å². The van der Waals surface area contributed by atoms with Gasteiger partial charge in [-0.15, -0.1) is 0 Å². The lowest BCUT2D eigenvalue weighted by molar-refractivity contribution is -0.137. The number of nitrogens with zero attached hydrogens (tertiary/aromatic N) is 1. The molecule has 1 atom stereocenters. The van der Waals surface area contributed by atoms with Crippen molar-refractivity contribution in [3.8, 4) is 0 Å². The lowest BCUT2D eigenvalue weighted by Crippen LogP contribution is -2.53. The Kier molecular flexibility index (Phi) is 5.36. The largest absolute Gasteiger partial charge is 0.328 e. The molecule has 2 N–H and O–H groups in total. The molecule has 0 aromatic heterocycles. The van der Waals surface area contributed by atoms with Gasteiger partial charge in [0.1, 0.15) is 5.37 Å². The van der Waals surface area contributed by atoms with Gasteiger partial charge in [0.25, 0.3) is 0 Å². The Bertz CT molecular complexity index is 445. The lowest BCUT2D eigenvalue weighted by atomic mass is 9.85. The predicted molar refractivity (Wildman–Crippen MR) is 82.2 cm³/mol. The van der Waals surface area contributed by atoms with Gasteiger partial charge in [0.15, 0.2) is 9.84 Å². The Morgan fingerprint density at radius 1 is 1.30 bits per heavy atom. The minimum atomic E-state index is -3.21. The molecule has 1 aliphatic heterocycles. The van der Waals surface area contributed by atoms with Gasteiger partial charge in [-0.3, -0.25) is 4.79 Å². The molecule has 1 saturated heterocycles. The highest BCUT2D eigenvalue weighted by Gasteiger charge is 2.38. The van der Waals surface area contributed by atoms with Gasteiger partial charge in [0.2, 0.25) is 5.91 Å². The molecule has 1 aliphatic carbocycles. The van der Waals surface area contributed by atoms with Gasteiger partial charge in [-0.1, -0.05) is 6.92 Å². The zero-order chi connectivity index (χ0) is 14.8. The first-order valence-corrected chi connectivity index (χ1v) is 10.2. The van der Waals surface area contributed by atoms with E-state index >= 15 is 0 Å². The first-order chi connectivity index (χ1) is 9.45. The Morgan fingerprint density at radius 3 is 2.55 bits per heavy atom. The molecule has 0 radical (unpaired) electrons. The van der Waals surface area contributed by atoms with Crippen molar-refractivity contribution in [3.05, 3.63) is 0 Å². The van der Waals surface area contributed by atoms with Crippen LogP contribution in [0.5, 0.6) is 0 Å². The second-order valence-electron chi connectivity index (χ2n) is 5.62. The van der Waals surface area contributed by atoms with E-state index in [4.69, 9.17) is 5.73 Å². The summed E-state index contributed by atoms with van der Waals surface area (Å²) in [6.45, 7) is 2.20. The zero-order valence-corrected chi connectivity index (χ0v) is 13.6. The maximum Gasteiger partial charge on any atom is 0.226 e. The molecule has 116 valence electrons. The first kappa shape index (κ1) is 16.1. The molecular weight excluding hydrogens is 296 g/mol. The number of nitrogens with two attached hydrogens (primary N) is 1. The second-order valence-corrected chi connectivity index (χ2v) is 9.22. The number of thioether (sulfide) groups is 1. The predicted octanol–water partition coefficient (Wildman–Crippen LogP) is 0.840. The minimum Gasteiger partial charge on any atom is -0.328 e. The molecule has 0 aromatic carbocycles. The van der Waals surface area contributed by atoms with E-state index in [1.165, 1.54) is 0 Å². The quantitative estimate of drug-likeness (QED) is 0.833. The van der Waals surface area contributed by atoms with E-state index < -0.39 is 15.2 Å². The third-order valence-electron chi connectivity index (χ3n) is 4.31. The molecule has 5 nitrogen and oxygen atoms in total. The number of sulfone groups is 1. The fourth-order valence-corrected chi connectivity index (χ4v) is 5.90. The fourth-order valence-electron chi connectivity index (χ4n) is 2.92. The van der Waals surface area contributed by atoms with Crippen molar-refractivity contribution in [2.24, 2.45) is 11.7 Å². The summed E-state index contributed by atoms with van der Waals surface area (Å²) in [5.74, 6) is 1.42. The summed E-state index contributed by atoms with van der Waals surface area (Å²) in [4.78, 5) is 14.3. The SMILES string of the molecule is CCS(=O)(=O)C1CSCCN1C(=O)C1CCC(N)CC1. The van der Waals surface area contributed by atoms with Gasteiger partial charge in [0, 0.05) is 35.8 Å². The molecule has 0 spiro atoms. The summed E-state index contributed by atoms with van der Waals surface area (Å²) in [6, 6.07) is 0.200. The maximum absolute atomic E-state index is 12.6. The first-order valence-electron chi connectivity index (χ1n) is 7.31. The Hall–Kier alpha value is -0.270. The highest BCUT2D eigenvalue weighted by molar-refractivity contribution is 8.01. The van der Waals surface area contributed by atoms with Gasteiger partial charge in [-0.05, 0) is 25.7 Å². The molecule has 1 saturated carbocycles. The van der Waals surface area contributed by atoms with Crippen molar-refractivity contribution >= 4 is 27.5 Å². The molecule has 2 aliphatic rings. The van der Waals surface area contributed by atoms with Crippen LogP contribution in [0.15, 0.2) is 0 Å². The average molecular weight is 320 g/mol. The number of amides is 1. The van der Waals surface area contributed by atoms with E-state index in [9.17, 15) is 13.2 Å². The Morgan fingerprint density at radius 2 is 1.95 bits per heavy atom. The molecule has 0 bridgehead atoms. The molecule has 2 rings (SSSR count). The third kappa shape index (κ3) is 3.49. The standard InChI is InChI=1S/C13H24N2O3S2/c1-2-20(17,18)12-9-19-8-7-15(12)13(16)10-3-5-11(14)6-4-10/h10-12H,2-9,14H2,1H3. The topological polar surface area (TPSA) is 80.5 Å². The molecule has 7 heteroatoms. The van der Waals surface area contributed by atoms with Crippen LogP contribution in [0, 0.1) is 5.92 Å². The van der Waals surface area contributed by atoms with Crippen molar-refractivity contribution in [1.82, 2.24) is 4.90 Å². The van der Waals surface area contributed by atoms with E-state index in [2.05, 4.69) is 0 Å². The Labute approximate surface area is 125 Å². The molecule has 0 aromatic rings. The Balaban J connectivity index is 2.10. The van der Waals surface area contributed by atoms with Crippen LogP contribution in [-0.2, 0) is 14.6 Å². The molecule has 1 amide bonds. The number of hydrogen-bond acceptors (Lipinski definition) is 5. The fraction of sp³-hybridized carbons (Fsp3) is 0.923. The average Bonchev–Trinajstić information content (AvgIpc) is 2.47.